The number of nitrogens with zero attached hydrogens (tertiary/aromatic N) is 3. The Morgan fingerprint density at radius 2 is 1.50 bits per heavy atom. The Bertz CT molecular complexity index is 1310. The van der Waals surface area contributed by atoms with Gasteiger partial charge in [0.25, 0.3) is 5.56 Å². The summed E-state index contributed by atoms with van der Waals surface area (Å²) in [6, 6.07) is 0. The van der Waals surface area contributed by atoms with E-state index >= 15 is 0 Å². The third-order valence-corrected chi connectivity index (χ3v) is 6.07. The van der Waals surface area contributed by atoms with Crippen LogP contribution in [0.25, 0.3) is 11.2 Å². The van der Waals surface area contributed by atoms with E-state index in [0.717, 1.165) is 0 Å². The average Bonchev–Trinajstić information content (AvgIpc) is 3.43. The van der Waals surface area contributed by atoms with Gasteiger partial charge in [-0.3, -0.25) is 38.8 Å². The van der Waals surface area contributed by atoms with Crippen molar-refractivity contribution in [1.29, 1.82) is 0 Å². The van der Waals surface area contributed by atoms with Crippen molar-refractivity contribution in [2.45, 2.75) is 79.9 Å². The molecule has 2 aromatic rings. The van der Waals surface area contributed by atoms with Crippen LogP contribution in [-0.2, 0) is 38.1 Å². The lowest BCUT2D eigenvalue weighted by atomic mass is 10.1. The van der Waals surface area contributed by atoms with Crippen LogP contribution in [-0.4, -0.2) is 68.3 Å². The van der Waals surface area contributed by atoms with Gasteiger partial charge in [0.05, 0.1) is 24.1 Å². The van der Waals surface area contributed by atoms with Gasteiger partial charge in [0.1, 0.15) is 12.7 Å². The van der Waals surface area contributed by atoms with Gasteiger partial charge < -0.3 is 18.9 Å². The zero-order valence-electron chi connectivity index (χ0n) is 23.9. The Balaban J connectivity index is 2.09. The number of nitrogens with one attached hydrogen (secondary N) is 2. The Hall–Kier alpha value is -3.81. The highest BCUT2D eigenvalue weighted by molar-refractivity contribution is 5.91. The number of anilines is 1. The number of carbonyl (C=O) groups excluding carboxylic acids is 4. The van der Waals surface area contributed by atoms with E-state index in [1.165, 1.54) is 10.9 Å². The number of esters is 3. The van der Waals surface area contributed by atoms with Gasteiger partial charge in [-0.05, 0) is 0 Å². The Morgan fingerprint density at radius 3 is 2.05 bits per heavy atom. The molecule has 14 heteroatoms. The largest absolute Gasteiger partial charge is 0.463 e. The fraction of sp³-hybridized carbons (Fsp3) is 0.654. The number of carbonyl (C=O) groups is 4. The highest BCUT2D eigenvalue weighted by Gasteiger charge is 2.52. The summed E-state index contributed by atoms with van der Waals surface area (Å²) in [4.78, 5) is 73.6. The van der Waals surface area contributed by atoms with Crippen LogP contribution in [0.5, 0.6) is 0 Å². The van der Waals surface area contributed by atoms with Crippen LogP contribution in [0, 0.1) is 23.7 Å². The summed E-state index contributed by atoms with van der Waals surface area (Å²) in [7, 11) is 0. The maximum Gasteiger partial charge on any atom is 0.308 e. The lowest BCUT2D eigenvalue weighted by molar-refractivity contribution is -0.173. The van der Waals surface area contributed by atoms with Crippen LogP contribution in [0.15, 0.2) is 11.1 Å². The summed E-state index contributed by atoms with van der Waals surface area (Å²) in [6.45, 7) is 13.0. The topological polar surface area (TPSA) is 181 Å². The van der Waals surface area contributed by atoms with Gasteiger partial charge in [0, 0.05) is 5.92 Å². The lowest BCUT2D eigenvalue weighted by Gasteiger charge is -2.26. The summed E-state index contributed by atoms with van der Waals surface area (Å²) in [6.07, 6.45) is -3.32. The average molecular weight is 564 g/mol. The molecule has 2 aromatic heterocycles. The highest BCUT2D eigenvalue weighted by atomic mass is 16.7. The first kappa shape index (κ1) is 30.7. The summed E-state index contributed by atoms with van der Waals surface area (Å²) in [5.74, 6) is -4.00. The van der Waals surface area contributed by atoms with Crippen molar-refractivity contribution in [3.63, 3.8) is 0 Å². The molecule has 0 aliphatic carbocycles. The van der Waals surface area contributed by atoms with E-state index in [1.54, 1.807) is 55.4 Å². The van der Waals surface area contributed by atoms with E-state index in [-0.39, 0.29) is 35.5 Å². The van der Waals surface area contributed by atoms with Crippen LogP contribution in [0.1, 0.15) is 61.6 Å². The summed E-state index contributed by atoms with van der Waals surface area (Å²) < 4.78 is 24.4. The van der Waals surface area contributed by atoms with Gasteiger partial charge in [-0.2, -0.15) is 4.98 Å². The van der Waals surface area contributed by atoms with E-state index in [1.807, 2.05) is 0 Å². The van der Waals surface area contributed by atoms with Gasteiger partial charge in [-0.1, -0.05) is 55.4 Å². The number of ether oxygens (including phenoxy) is 4. The maximum absolute atomic E-state index is 12.8. The predicted octanol–water partition coefficient (Wildman–Crippen LogP) is 1.95. The number of rotatable bonds is 10. The predicted molar refractivity (Wildman–Crippen MR) is 141 cm³/mol. The molecular weight excluding hydrogens is 526 g/mol. The minimum Gasteiger partial charge on any atom is -0.463 e. The molecule has 0 saturated carbocycles. The number of hydrogen-bond donors (Lipinski definition) is 2. The zero-order chi connectivity index (χ0) is 29.9. The van der Waals surface area contributed by atoms with Crippen molar-refractivity contribution in [2.24, 2.45) is 23.7 Å². The van der Waals surface area contributed by atoms with Gasteiger partial charge in [-0.15, -0.1) is 0 Å². The normalized spacial score (nSPS) is 20.9. The van der Waals surface area contributed by atoms with Gasteiger partial charge in [0.2, 0.25) is 11.9 Å². The van der Waals surface area contributed by atoms with E-state index in [2.05, 4.69) is 20.3 Å². The zero-order valence-corrected chi connectivity index (χ0v) is 23.9. The second kappa shape index (κ2) is 12.6. The SMILES string of the molecule is CC(C)C(=O)Nc1nc2c(ncn2[C@@H]2O[C@H](COC(=O)C(C)C)[C@H](OC(=O)C(C)C)C2OC(=O)C(C)C)c(=O)[nH]1. The number of imidazole rings is 1. The standard InChI is InChI=1S/C26H37N5O9/c1-11(2)20(32)29-26-28-19-16(21(33)30-26)27-10-31(19)22-18(40-25(36)14(7)8)17(39-24(35)13(5)6)15(38-22)9-37-23(34)12(3)4/h10-15,17-18,22H,9H2,1-8H3,(H2,28,29,30,32,33)/t15-,17+,18?,22-/m1/s1. The minimum absolute atomic E-state index is 0.0205. The number of hydrogen-bond acceptors (Lipinski definition) is 11. The molecule has 1 aliphatic heterocycles. The highest BCUT2D eigenvalue weighted by Crippen LogP contribution is 2.36. The van der Waals surface area contributed by atoms with Crippen LogP contribution in [0.4, 0.5) is 5.95 Å². The molecule has 3 heterocycles. The Morgan fingerprint density at radius 1 is 0.925 bits per heavy atom. The quantitative estimate of drug-likeness (QED) is 0.318. The molecule has 1 unspecified atom stereocenters. The molecule has 0 aromatic carbocycles. The smallest absolute Gasteiger partial charge is 0.308 e. The third-order valence-electron chi connectivity index (χ3n) is 6.07. The van der Waals surface area contributed by atoms with Gasteiger partial charge in [-0.25, -0.2) is 4.98 Å². The maximum atomic E-state index is 12.8. The first-order valence-corrected chi connectivity index (χ1v) is 13.2. The second-order valence-electron chi connectivity index (χ2n) is 10.8. The molecule has 14 nitrogen and oxygen atoms in total. The van der Waals surface area contributed by atoms with Gasteiger partial charge >= 0.3 is 17.9 Å². The van der Waals surface area contributed by atoms with E-state index in [0.29, 0.717) is 0 Å². The molecule has 1 saturated heterocycles. The van der Waals surface area contributed by atoms with Crippen molar-refractivity contribution >= 4 is 40.9 Å². The van der Waals surface area contributed by atoms with E-state index < -0.39 is 65.8 Å². The molecule has 0 bridgehead atoms. The second-order valence-corrected chi connectivity index (χ2v) is 10.8. The van der Waals surface area contributed by atoms with Crippen LogP contribution in [0.3, 0.4) is 0 Å². The van der Waals surface area contributed by atoms with E-state index in [4.69, 9.17) is 18.9 Å². The monoisotopic (exact) mass is 563 g/mol. The number of amides is 1. The molecular formula is C26H37N5O9. The molecule has 0 spiro atoms. The summed E-state index contributed by atoms with van der Waals surface area (Å²) in [5, 5.41) is 2.54. The van der Waals surface area contributed by atoms with Crippen LogP contribution >= 0.6 is 0 Å². The van der Waals surface area contributed by atoms with Crippen LogP contribution in [0.2, 0.25) is 0 Å². The molecule has 40 heavy (non-hydrogen) atoms. The third kappa shape index (κ3) is 6.84. The number of aromatic amines is 1. The van der Waals surface area contributed by atoms with Crippen molar-refractivity contribution in [3.05, 3.63) is 16.7 Å². The van der Waals surface area contributed by atoms with Gasteiger partial charge in [0.15, 0.2) is 29.6 Å². The summed E-state index contributed by atoms with van der Waals surface area (Å²) in [5.41, 5.74) is -0.667. The number of H-pyrrole nitrogens is 1. The minimum atomic E-state index is -1.22. The van der Waals surface area contributed by atoms with Crippen LogP contribution < -0.4 is 10.9 Å². The molecule has 1 fully saturated rings. The van der Waals surface area contributed by atoms with Crippen molar-refractivity contribution in [3.8, 4) is 0 Å². The molecule has 220 valence electrons. The first-order valence-electron chi connectivity index (χ1n) is 13.2. The summed E-state index contributed by atoms with van der Waals surface area (Å²) >= 11 is 0. The molecule has 2 N–H and O–H groups in total. The van der Waals surface area contributed by atoms with Crippen molar-refractivity contribution < 1.29 is 38.1 Å². The Kier molecular flexibility index (Phi) is 9.66. The molecule has 3 rings (SSSR count). The lowest BCUT2D eigenvalue weighted by Crippen LogP contribution is -2.42. The fourth-order valence-electron chi connectivity index (χ4n) is 3.64. The van der Waals surface area contributed by atoms with E-state index in [9.17, 15) is 24.0 Å². The molecule has 0 radical (unpaired) electrons. The first-order chi connectivity index (χ1) is 18.7. The molecule has 4 atom stereocenters. The molecule has 1 aliphatic rings. The Labute approximate surface area is 231 Å². The number of aromatic nitrogens is 4. The molecule has 1 amide bonds. The van der Waals surface area contributed by atoms with Crippen molar-refractivity contribution in [2.75, 3.05) is 11.9 Å². The fourth-order valence-corrected chi connectivity index (χ4v) is 3.64. The van der Waals surface area contributed by atoms with Crippen molar-refractivity contribution in [1.82, 2.24) is 19.5 Å². The number of fused-ring (bicyclic) bond motifs is 1.